The zero-order valence-corrected chi connectivity index (χ0v) is 17.6. The molecule has 7 heteroatoms. The Kier molecular flexibility index (Phi) is 6.13. The maximum Gasteiger partial charge on any atom is 0.238 e. The van der Waals surface area contributed by atoms with Gasteiger partial charge in [0.25, 0.3) is 0 Å². The molecule has 1 N–H and O–H groups in total. The van der Waals surface area contributed by atoms with Crippen molar-refractivity contribution in [2.75, 3.05) is 24.2 Å². The Bertz CT molecular complexity index is 991. The molecule has 28 heavy (non-hydrogen) atoms. The minimum Gasteiger partial charge on any atom is -0.324 e. The highest BCUT2D eigenvalue weighted by Crippen LogP contribution is 2.39. The standard InChI is InChI=1S/C21H19N3OS3/c22-9-13-28-18-5-2-1-4-16(18)23-20(25)14-24-10-7-17-15(8-12-27-17)21(24)19-6-3-11-26-19/h1-6,8,11-12,21H,7,10,13-14H2,(H,23,25)/t21-/m1/s1. The molecule has 0 aliphatic carbocycles. The molecule has 0 unspecified atom stereocenters. The van der Waals surface area contributed by atoms with Gasteiger partial charge in [-0.05, 0) is 47.0 Å². The molecule has 1 atom stereocenters. The van der Waals surface area contributed by atoms with Gasteiger partial charge in [0.15, 0.2) is 0 Å². The average molecular weight is 426 g/mol. The second kappa shape index (κ2) is 8.93. The van der Waals surface area contributed by atoms with Gasteiger partial charge in [0.05, 0.1) is 30.1 Å². The van der Waals surface area contributed by atoms with E-state index in [1.165, 1.54) is 27.1 Å². The Morgan fingerprint density at radius 2 is 2.11 bits per heavy atom. The molecule has 0 bridgehead atoms. The van der Waals surface area contributed by atoms with Crippen molar-refractivity contribution in [3.63, 3.8) is 0 Å². The van der Waals surface area contributed by atoms with E-state index in [0.717, 1.165) is 23.5 Å². The van der Waals surface area contributed by atoms with Crippen molar-refractivity contribution in [3.8, 4) is 6.07 Å². The first-order chi connectivity index (χ1) is 13.8. The summed E-state index contributed by atoms with van der Waals surface area (Å²) in [5.74, 6) is 0.339. The maximum absolute atomic E-state index is 12.9. The lowest BCUT2D eigenvalue weighted by Crippen LogP contribution is -2.40. The minimum absolute atomic E-state index is 0.0229. The van der Waals surface area contributed by atoms with Crippen LogP contribution in [0.1, 0.15) is 21.4 Å². The number of hydrogen-bond donors (Lipinski definition) is 1. The van der Waals surface area contributed by atoms with Crippen LogP contribution in [0.3, 0.4) is 0 Å². The number of carbonyl (C=O) groups excluding carboxylic acids is 1. The molecule has 1 aromatic carbocycles. The number of thioether (sulfide) groups is 1. The molecule has 3 heterocycles. The van der Waals surface area contributed by atoms with Crippen molar-refractivity contribution >= 4 is 46.0 Å². The van der Waals surface area contributed by atoms with Crippen LogP contribution < -0.4 is 5.32 Å². The minimum atomic E-state index is -0.0229. The normalized spacial score (nSPS) is 16.3. The van der Waals surface area contributed by atoms with E-state index in [0.29, 0.717) is 12.3 Å². The number of para-hydroxylation sites is 1. The van der Waals surface area contributed by atoms with Crippen LogP contribution in [-0.4, -0.2) is 29.6 Å². The Balaban J connectivity index is 1.51. The summed E-state index contributed by atoms with van der Waals surface area (Å²) in [5.41, 5.74) is 2.10. The van der Waals surface area contributed by atoms with E-state index >= 15 is 0 Å². The zero-order valence-electron chi connectivity index (χ0n) is 15.1. The fourth-order valence-electron chi connectivity index (χ4n) is 3.50. The van der Waals surface area contributed by atoms with E-state index in [1.807, 2.05) is 35.6 Å². The van der Waals surface area contributed by atoms with Gasteiger partial charge in [-0.1, -0.05) is 18.2 Å². The third-order valence-corrected chi connectivity index (χ3v) is 7.54. The van der Waals surface area contributed by atoms with Crippen LogP contribution in [0.2, 0.25) is 0 Å². The molecule has 0 radical (unpaired) electrons. The topological polar surface area (TPSA) is 56.1 Å². The summed E-state index contributed by atoms with van der Waals surface area (Å²) in [6.07, 6.45) is 0.983. The average Bonchev–Trinajstić information content (AvgIpc) is 3.39. The Hall–Kier alpha value is -2.11. The number of benzene rings is 1. The van der Waals surface area contributed by atoms with Gasteiger partial charge >= 0.3 is 0 Å². The van der Waals surface area contributed by atoms with Gasteiger partial charge in [0.1, 0.15) is 0 Å². The van der Waals surface area contributed by atoms with Crippen LogP contribution in [0.15, 0.2) is 58.1 Å². The first-order valence-corrected chi connectivity index (χ1v) is 11.7. The number of carbonyl (C=O) groups is 1. The smallest absolute Gasteiger partial charge is 0.238 e. The fraction of sp³-hybridized carbons (Fsp3) is 0.238. The number of thiophene rings is 2. The van der Waals surface area contributed by atoms with Gasteiger partial charge in [-0.15, -0.1) is 34.4 Å². The molecule has 0 saturated carbocycles. The van der Waals surface area contributed by atoms with Gasteiger partial charge in [-0.25, -0.2) is 0 Å². The number of nitrogens with zero attached hydrogens (tertiary/aromatic N) is 2. The molecular weight excluding hydrogens is 406 g/mol. The number of nitrogens with one attached hydrogen (secondary N) is 1. The monoisotopic (exact) mass is 425 g/mol. The van der Waals surface area contributed by atoms with Crippen molar-refractivity contribution in [1.82, 2.24) is 4.90 Å². The lowest BCUT2D eigenvalue weighted by atomic mass is 9.98. The third-order valence-electron chi connectivity index (χ3n) is 4.68. The van der Waals surface area contributed by atoms with Crippen LogP contribution in [0, 0.1) is 11.3 Å². The summed E-state index contributed by atoms with van der Waals surface area (Å²) in [7, 11) is 0. The van der Waals surface area contributed by atoms with E-state index in [1.54, 1.807) is 11.3 Å². The second-order valence-corrected chi connectivity index (χ2v) is 9.43. The Morgan fingerprint density at radius 3 is 2.93 bits per heavy atom. The number of amides is 1. The number of fused-ring (bicyclic) bond motifs is 1. The van der Waals surface area contributed by atoms with Gasteiger partial charge in [-0.2, -0.15) is 5.26 Å². The van der Waals surface area contributed by atoms with E-state index in [-0.39, 0.29) is 11.9 Å². The predicted molar refractivity (Wildman–Crippen MR) is 117 cm³/mol. The quantitative estimate of drug-likeness (QED) is 0.564. The molecule has 4 rings (SSSR count). The van der Waals surface area contributed by atoms with E-state index in [9.17, 15) is 4.79 Å². The first-order valence-electron chi connectivity index (χ1n) is 8.98. The van der Waals surface area contributed by atoms with Gasteiger partial charge in [0, 0.05) is 21.2 Å². The van der Waals surface area contributed by atoms with Crippen LogP contribution in [-0.2, 0) is 11.2 Å². The van der Waals surface area contributed by atoms with Crippen molar-refractivity contribution < 1.29 is 4.79 Å². The SMILES string of the molecule is N#CCSc1ccccc1NC(=O)CN1CCc2sccc2[C@@H]1c1cccs1. The number of nitriles is 1. The van der Waals surface area contributed by atoms with Crippen LogP contribution in [0.5, 0.6) is 0 Å². The summed E-state index contributed by atoms with van der Waals surface area (Å²) in [6.45, 7) is 1.21. The van der Waals surface area contributed by atoms with Crippen molar-refractivity contribution in [2.45, 2.75) is 17.4 Å². The van der Waals surface area contributed by atoms with Gasteiger partial charge in [0.2, 0.25) is 5.91 Å². The Morgan fingerprint density at radius 1 is 1.21 bits per heavy atom. The number of hydrogen-bond acceptors (Lipinski definition) is 6. The fourth-order valence-corrected chi connectivity index (χ4v) is 5.95. The van der Waals surface area contributed by atoms with Crippen LogP contribution in [0.25, 0.3) is 0 Å². The molecule has 142 valence electrons. The van der Waals surface area contributed by atoms with E-state index in [4.69, 9.17) is 5.26 Å². The molecule has 1 amide bonds. The highest BCUT2D eigenvalue weighted by molar-refractivity contribution is 7.99. The van der Waals surface area contributed by atoms with Crippen molar-refractivity contribution in [2.24, 2.45) is 0 Å². The summed E-state index contributed by atoms with van der Waals surface area (Å²) in [4.78, 5) is 18.7. The lowest BCUT2D eigenvalue weighted by molar-refractivity contribution is -0.117. The van der Waals surface area contributed by atoms with E-state index in [2.05, 4.69) is 45.2 Å². The third kappa shape index (κ3) is 4.15. The molecule has 4 nitrogen and oxygen atoms in total. The highest BCUT2D eigenvalue weighted by Gasteiger charge is 2.31. The Labute approximate surface area is 176 Å². The zero-order chi connectivity index (χ0) is 19.3. The summed E-state index contributed by atoms with van der Waals surface area (Å²) < 4.78 is 0. The number of rotatable bonds is 6. The van der Waals surface area contributed by atoms with Crippen LogP contribution >= 0.6 is 34.4 Å². The summed E-state index contributed by atoms with van der Waals surface area (Å²) in [6, 6.07) is 16.3. The summed E-state index contributed by atoms with van der Waals surface area (Å²) in [5, 5.41) is 16.1. The highest BCUT2D eigenvalue weighted by atomic mass is 32.2. The molecular formula is C21H19N3OS3. The molecule has 0 fully saturated rings. The molecule has 2 aromatic heterocycles. The second-order valence-electron chi connectivity index (χ2n) is 6.43. The molecule has 3 aromatic rings. The van der Waals surface area contributed by atoms with Crippen molar-refractivity contribution in [3.05, 3.63) is 68.5 Å². The largest absolute Gasteiger partial charge is 0.324 e. The van der Waals surface area contributed by atoms with Crippen molar-refractivity contribution in [1.29, 1.82) is 5.26 Å². The van der Waals surface area contributed by atoms with Gasteiger partial charge in [-0.3, -0.25) is 9.69 Å². The molecule has 1 aliphatic rings. The predicted octanol–water partition coefficient (Wildman–Crippen LogP) is 5.01. The van der Waals surface area contributed by atoms with Crippen LogP contribution in [0.4, 0.5) is 5.69 Å². The molecule has 1 aliphatic heterocycles. The maximum atomic E-state index is 12.9. The lowest BCUT2D eigenvalue weighted by Gasteiger charge is -2.34. The molecule has 0 saturated heterocycles. The number of anilines is 1. The van der Waals surface area contributed by atoms with E-state index < -0.39 is 0 Å². The van der Waals surface area contributed by atoms with Gasteiger partial charge < -0.3 is 5.32 Å². The first kappa shape index (κ1) is 19.2. The molecule has 0 spiro atoms. The summed E-state index contributed by atoms with van der Waals surface area (Å²) >= 11 is 4.99.